The van der Waals surface area contributed by atoms with Crippen LogP contribution in [0, 0.1) is 11.6 Å². The van der Waals surface area contributed by atoms with Gasteiger partial charge in [0.2, 0.25) is 5.16 Å². The number of hydrogen-bond donors (Lipinski definition) is 2. The van der Waals surface area contributed by atoms with E-state index >= 15 is 0 Å². The number of amides is 1. The fourth-order valence-corrected chi connectivity index (χ4v) is 6.01. The summed E-state index contributed by atoms with van der Waals surface area (Å²) in [5.41, 5.74) is 0.178. The number of thioether (sulfide) groups is 1. The van der Waals surface area contributed by atoms with Gasteiger partial charge < -0.3 is 10.1 Å². The zero-order chi connectivity index (χ0) is 26.9. The van der Waals surface area contributed by atoms with Gasteiger partial charge in [0.1, 0.15) is 17.3 Å². The number of aromatic nitrogens is 3. The second-order valence-electron chi connectivity index (χ2n) is 9.88. The number of nitrogens with zero attached hydrogens (tertiary/aromatic N) is 6. The second-order valence-corrected chi connectivity index (χ2v) is 11.0. The van der Waals surface area contributed by atoms with Crippen LogP contribution in [0.1, 0.15) is 50.0 Å². The van der Waals surface area contributed by atoms with E-state index < -0.39 is 29.2 Å². The Morgan fingerprint density at radius 1 is 1.21 bits per heavy atom. The first-order chi connectivity index (χ1) is 18.3. The van der Waals surface area contributed by atoms with Gasteiger partial charge in [-0.25, -0.2) is 13.8 Å². The van der Waals surface area contributed by atoms with Gasteiger partial charge in [0.05, 0.1) is 29.6 Å². The van der Waals surface area contributed by atoms with Crippen LogP contribution in [0.3, 0.4) is 0 Å². The molecular weight excluding hydrogens is 532 g/mol. The van der Waals surface area contributed by atoms with Gasteiger partial charge in [0.15, 0.2) is 5.60 Å². The molecule has 2 aliphatic heterocycles. The fourth-order valence-electron chi connectivity index (χ4n) is 5.45. The second kappa shape index (κ2) is 11.5. The van der Waals surface area contributed by atoms with Crippen LogP contribution < -0.4 is 10.3 Å². The molecule has 1 amide bonds. The van der Waals surface area contributed by atoms with Gasteiger partial charge in [-0.3, -0.25) is 9.69 Å². The fraction of sp³-hybridized carbons (Fsp3) is 0.560. The normalized spacial score (nSPS) is 26.9. The first-order valence-electron chi connectivity index (χ1n) is 12.7. The Morgan fingerprint density at radius 3 is 2.63 bits per heavy atom. The third-order valence-corrected chi connectivity index (χ3v) is 8.18. The number of nitrogens with one attached hydrogen (secondary N) is 1. The quantitative estimate of drug-likeness (QED) is 0.391. The summed E-state index contributed by atoms with van der Waals surface area (Å²) in [4.78, 5) is 20.7. The van der Waals surface area contributed by atoms with Crippen molar-refractivity contribution in [2.24, 2.45) is 5.10 Å². The summed E-state index contributed by atoms with van der Waals surface area (Å²) in [6.45, 7) is 3.55. The average molecular weight is 564 g/mol. The van der Waals surface area contributed by atoms with E-state index in [0.29, 0.717) is 30.5 Å². The molecule has 1 saturated carbocycles. The molecule has 0 bridgehead atoms. The van der Waals surface area contributed by atoms with Gasteiger partial charge >= 0.3 is 0 Å². The number of carbonyl (C=O) groups excluding carboxylic acids is 1. The number of rotatable bonds is 7. The molecule has 3 atom stereocenters. The van der Waals surface area contributed by atoms with Gasteiger partial charge in [-0.2, -0.15) is 22.7 Å². The molecule has 3 aliphatic rings. The molecule has 1 aliphatic carbocycles. The molecule has 0 spiro atoms. The summed E-state index contributed by atoms with van der Waals surface area (Å²) in [5, 5.41) is 18.2. The van der Waals surface area contributed by atoms with Gasteiger partial charge in [0, 0.05) is 37.7 Å². The van der Waals surface area contributed by atoms with Crippen molar-refractivity contribution in [3.8, 4) is 0 Å². The van der Waals surface area contributed by atoms with E-state index in [2.05, 4.69) is 43.1 Å². The van der Waals surface area contributed by atoms with Crippen molar-refractivity contribution < 1.29 is 18.3 Å². The molecular formula is C25H31F2N7O2S2. The molecule has 1 saturated heterocycles. The standard InChI is InChI=1S/C25H31F2N7O2S2/c1-25(36-18-5-3-4-6-18)21(12-29-34(23(25)35)17-10-15(26)9-16(27)11-17)33-8-7-28-19(13-33)22-20(14-37)30-24(38-2)32-31-22/h9-12,18-19,21,28,37H,3-8,13-14H2,1-2H3. The summed E-state index contributed by atoms with van der Waals surface area (Å²) in [5.74, 6) is -1.60. The summed E-state index contributed by atoms with van der Waals surface area (Å²) in [6, 6.07) is 2.27. The van der Waals surface area contributed by atoms with E-state index in [1.165, 1.54) is 11.8 Å². The van der Waals surface area contributed by atoms with Crippen LogP contribution in [0.25, 0.3) is 0 Å². The van der Waals surface area contributed by atoms with Crippen molar-refractivity contribution >= 4 is 42.2 Å². The summed E-state index contributed by atoms with van der Waals surface area (Å²) < 4.78 is 34.6. The molecule has 13 heteroatoms. The smallest absolute Gasteiger partial charge is 0.281 e. The molecule has 0 radical (unpaired) electrons. The van der Waals surface area contributed by atoms with Crippen LogP contribution in [-0.4, -0.2) is 75.8 Å². The highest BCUT2D eigenvalue weighted by Crippen LogP contribution is 2.36. The highest BCUT2D eigenvalue weighted by molar-refractivity contribution is 7.98. The summed E-state index contributed by atoms with van der Waals surface area (Å²) in [7, 11) is 0. The number of anilines is 1. The topological polar surface area (TPSA) is 95.8 Å². The first kappa shape index (κ1) is 27.4. The monoisotopic (exact) mass is 563 g/mol. The van der Waals surface area contributed by atoms with Crippen LogP contribution in [0.4, 0.5) is 14.5 Å². The van der Waals surface area contributed by atoms with Gasteiger partial charge in [0.25, 0.3) is 5.91 Å². The number of hydrazone groups is 1. The van der Waals surface area contributed by atoms with E-state index in [-0.39, 0.29) is 17.8 Å². The van der Waals surface area contributed by atoms with Crippen molar-refractivity contribution in [1.29, 1.82) is 0 Å². The van der Waals surface area contributed by atoms with Crippen LogP contribution in [0.15, 0.2) is 28.5 Å². The number of carbonyl (C=O) groups is 1. The lowest BCUT2D eigenvalue weighted by Crippen LogP contribution is -2.67. The Bertz CT molecular complexity index is 1200. The van der Waals surface area contributed by atoms with E-state index in [0.717, 1.165) is 60.3 Å². The minimum absolute atomic E-state index is 0.0234. The van der Waals surface area contributed by atoms with Crippen LogP contribution in [0.2, 0.25) is 0 Å². The maximum atomic E-state index is 14.0. The van der Waals surface area contributed by atoms with Crippen LogP contribution in [-0.2, 0) is 15.3 Å². The maximum absolute atomic E-state index is 14.0. The molecule has 3 unspecified atom stereocenters. The third kappa shape index (κ3) is 5.44. The number of piperazine rings is 1. The van der Waals surface area contributed by atoms with E-state index in [9.17, 15) is 13.6 Å². The van der Waals surface area contributed by atoms with Crippen molar-refractivity contribution in [1.82, 2.24) is 25.4 Å². The van der Waals surface area contributed by atoms with Gasteiger partial charge in [-0.15, -0.1) is 10.2 Å². The highest BCUT2D eigenvalue weighted by Gasteiger charge is 2.52. The Labute approximate surface area is 230 Å². The number of ether oxygens (including phenoxy) is 1. The maximum Gasteiger partial charge on any atom is 0.281 e. The lowest BCUT2D eigenvalue weighted by atomic mass is 9.90. The molecule has 2 fully saturated rings. The molecule has 204 valence electrons. The lowest BCUT2D eigenvalue weighted by molar-refractivity contribution is -0.159. The lowest BCUT2D eigenvalue weighted by Gasteiger charge is -2.47. The van der Waals surface area contributed by atoms with Gasteiger partial charge in [-0.1, -0.05) is 24.6 Å². The van der Waals surface area contributed by atoms with E-state index in [1.54, 1.807) is 13.1 Å². The van der Waals surface area contributed by atoms with Crippen molar-refractivity contribution in [3.63, 3.8) is 0 Å². The average Bonchev–Trinajstić information content (AvgIpc) is 3.42. The predicted molar refractivity (Wildman–Crippen MR) is 144 cm³/mol. The Kier molecular flexibility index (Phi) is 8.29. The number of benzene rings is 1. The van der Waals surface area contributed by atoms with Gasteiger partial charge in [-0.05, 0) is 38.2 Å². The zero-order valence-electron chi connectivity index (χ0n) is 21.3. The minimum Gasteiger partial charge on any atom is -0.360 e. The van der Waals surface area contributed by atoms with Crippen LogP contribution >= 0.6 is 24.4 Å². The summed E-state index contributed by atoms with van der Waals surface area (Å²) in [6.07, 6.45) is 7.26. The molecule has 2 aromatic rings. The molecule has 5 rings (SSSR count). The number of halogens is 2. The van der Waals surface area contributed by atoms with Crippen molar-refractivity contribution in [2.75, 3.05) is 30.9 Å². The first-order valence-corrected chi connectivity index (χ1v) is 14.6. The zero-order valence-corrected chi connectivity index (χ0v) is 23.0. The SMILES string of the molecule is CSc1nnc(C2CN(C3C=NN(c4cc(F)cc(F)c4)C(=O)C3(C)OC3CCCC3)CCN2)c(CS)n1. The molecule has 1 aromatic heterocycles. The summed E-state index contributed by atoms with van der Waals surface area (Å²) >= 11 is 5.87. The molecule has 3 heterocycles. The largest absolute Gasteiger partial charge is 0.360 e. The molecule has 1 N–H and O–H groups in total. The Hall–Kier alpha value is -2.19. The Balaban J connectivity index is 1.47. The molecule has 1 aromatic carbocycles. The molecule has 38 heavy (non-hydrogen) atoms. The third-order valence-electron chi connectivity index (χ3n) is 7.34. The highest BCUT2D eigenvalue weighted by atomic mass is 32.2. The predicted octanol–water partition coefficient (Wildman–Crippen LogP) is 3.37. The van der Waals surface area contributed by atoms with Crippen LogP contribution in [0.5, 0.6) is 0 Å². The molecule has 9 nitrogen and oxygen atoms in total. The minimum atomic E-state index is -1.32. The Morgan fingerprint density at radius 2 is 1.95 bits per heavy atom. The van der Waals surface area contributed by atoms with E-state index in [4.69, 9.17) is 4.74 Å². The number of hydrogen-bond acceptors (Lipinski definition) is 10. The van der Waals surface area contributed by atoms with E-state index in [1.807, 2.05) is 6.26 Å². The van der Waals surface area contributed by atoms with Crippen molar-refractivity contribution in [3.05, 3.63) is 41.2 Å². The number of thiol groups is 1. The van der Waals surface area contributed by atoms with Crippen molar-refractivity contribution in [2.45, 2.75) is 67.3 Å².